The number of anilines is 1. The van der Waals surface area contributed by atoms with E-state index in [1.807, 2.05) is 24.3 Å². The number of halogens is 2. The predicted molar refractivity (Wildman–Crippen MR) is 118 cm³/mol. The molecule has 1 aliphatic rings. The van der Waals surface area contributed by atoms with Crippen molar-refractivity contribution < 1.29 is 9.53 Å². The summed E-state index contributed by atoms with van der Waals surface area (Å²) in [6, 6.07) is 12.6. The molecule has 0 radical (unpaired) electrons. The molecule has 0 spiro atoms. The zero-order valence-corrected chi connectivity index (χ0v) is 17.7. The van der Waals surface area contributed by atoms with Gasteiger partial charge in [0.1, 0.15) is 17.4 Å². The molecule has 1 amide bonds. The Morgan fingerprint density at radius 2 is 1.83 bits per heavy atom. The van der Waals surface area contributed by atoms with E-state index < -0.39 is 0 Å². The van der Waals surface area contributed by atoms with Crippen LogP contribution in [-0.2, 0) is 11.3 Å². The molecule has 1 aromatic heterocycles. The van der Waals surface area contributed by atoms with Crippen molar-refractivity contribution in [2.75, 3.05) is 38.5 Å². The first-order chi connectivity index (χ1) is 14.5. The Labute approximate surface area is 184 Å². The lowest BCUT2D eigenvalue weighted by molar-refractivity contribution is -0.135. The summed E-state index contributed by atoms with van der Waals surface area (Å²) in [5, 5.41) is 1.76. The van der Waals surface area contributed by atoms with Crippen LogP contribution in [0, 0.1) is 0 Å². The van der Waals surface area contributed by atoms with Gasteiger partial charge in [-0.05, 0) is 30.3 Å². The summed E-state index contributed by atoms with van der Waals surface area (Å²) in [7, 11) is 0. The number of hydrogen-bond donors (Lipinski definition) is 1. The van der Waals surface area contributed by atoms with Gasteiger partial charge in [0.15, 0.2) is 6.61 Å². The SMILES string of the molecule is Nc1nc(CN2CCN(C(=O)COc3ccc(Cl)cc3Cl)CC2)nc2ccccc12. The summed E-state index contributed by atoms with van der Waals surface area (Å²) in [5.41, 5.74) is 6.91. The zero-order valence-electron chi connectivity index (χ0n) is 16.2. The molecule has 9 heteroatoms. The zero-order chi connectivity index (χ0) is 21.1. The average molecular weight is 446 g/mol. The van der Waals surface area contributed by atoms with Gasteiger partial charge in [-0.1, -0.05) is 35.3 Å². The number of ether oxygens (including phenoxy) is 1. The maximum Gasteiger partial charge on any atom is 0.260 e. The molecule has 0 aliphatic carbocycles. The van der Waals surface area contributed by atoms with Crippen molar-refractivity contribution >= 4 is 45.8 Å². The molecule has 3 aromatic rings. The van der Waals surface area contributed by atoms with E-state index in [1.165, 1.54) is 0 Å². The quantitative estimate of drug-likeness (QED) is 0.648. The number of benzene rings is 2. The molecular weight excluding hydrogens is 425 g/mol. The fourth-order valence-corrected chi connectivity index (χ4v) is 3.86. The maximum atomic E-state index is 12.5. The van der Waals surface area contributed by atoms with E-state index in [9.17, 15) is 4.79 Å². The Morgan fingerprint density at radius 1 is 1.07 bits per heavy atom. The molecule has 30 heavy (non-hydrogen) atoms. The first-order valence-electron chi connectivity index (χ1n) is 9.59. The van der Waals surface area contributed by atoms with Crippen LogP contribution in [0.3, 0.4) is 0 Å². The first kappa shape index (κ1) is 20.7. The molecule has 1 saturated heterocycles. The van der Waals surface area contributed by atoms with Crippen molar-refractivity contribution in [3.05, 3.63) is 58.3 Å². The van der Waals surface area contributed by atoms with Crippen LogP contribution in [0.15, 0.2) is 42.5 Å². The van der Waals surface area contributed by atoms with E-state index in [0.29, 0.717) is 47.1 Å². The minimum atomic E-state index is -0.0770. The number of rotatable bonds is 5. The van der Waals surface area contributed by atoms with Gasteiger partial charge in [-0.15, -0.1) is 0 Å². The van der Waals surface area contributed by atoms with Crippen LogP contribution in [-0.4, -0.2) is 58.5 Å². The molecule has 2 aromatic carbocycles. The Kier molecular flexibility index (Phi) is 6.22. The number of nitrogens with zero attached hydrogens (tertiary/aromatic N) is 4. The third kappa shape index (κ3) is 4.75. The highest BCUT2D eigenvalue weighted by molar-refractivity contribution is 6.35. The molecule has 2 N–H and O–H groups in total. The number of aromatic nitrogens is 2. The summed E-state index contributed by atoms with van der Waals surface area (Å²) in [4.78, 5) is 25.5. The Bertz CT molecular complexity index is 1070. The number of fused-ring (bicyclic) bond motifs is 1. The Morgan fingerprint density at radius 3 is 2.60 bits per heavy atom. The van der Waals surface area contributed by atoms with E-state index >= 15 is 0 Å². The van der Waals surface area contributed by atoms with E-state index in [1.54, 1.807) is 23.1 Å². The Hall–Kier alpha value is -2.61. The van der Waals surface area contributed by atoms with Crippen LogP contribution < -0.4 is 10.5 Å². The lowest BCUT2D eigenvalue weighted by atomic mass is 10.2. The number of amides is 1. The number of para-hydroxylation sites is 1. The first-order valence-corrected chi connectivity index (χ1v) is 10.3. The summed E-state index contributed by atoms with van der Waals surface area (Å²) in [5.74, 6) is 1.54. The highest BCUT2D eigenvalue weighted by Gasteiger charge is 2.22. The van der Waals surface area contributed by atoms with Crippen molar-refractivity contribution in [1.82, 2.24) is 19.8 Å². The van der Waals surface area contributed by atoms with E-state index in [4.69, 9.17) is 33.7 Å². The molecule has 1 aliphatic heterocycles. The second-order valence-electron chi connectivity index (χ2n) is 7.06. The molecule has 0 saturated carbocycles. The fourth-order valence-electron chi connectivity index (χ4n) is 3.40. The van der Waals surface area contributed by atoms with Crippen LogP contribution in [0.2, 0.25) is 10.0 Å². The highest BCUT2D eigenvalue weighted by atomic mass is 35.5. The normalized spacial score (nSPS) is 14.8. The van der Waals surface area contributed by atoms with Crippen LogP contribution in [0.5, 0.6) is 5.75 Å². The van der Waals surface area contributed by atoms with Gasteiger partial charge in [0, 0.05) is 36.6 Å². The minimum absolute atomic E-state index is 0.0638. The van der Waals surface area contributed by atoms with Gasteiger partial charge in [0.05, 0.1) is 17.1 Å². The van der Waals surface area contributed by atoms with Crippen LogP contribution >= 0.6 is 23.2 Å². The summed E-state index contributed by atoms with van der Waals surface area (Å²) in [6.45, 7) is 3.20. The standard InChI is InChI=1S/C21H21Cl2N5O2/c22-14-5-6-18(16(23)11-14)30-13-20(29)28-9-7-27(8-10-28)12-19-25-17-4-2-1-3-15(17)21(24)26-19/h1-6,11H,7-10,12-13H2,(H2,24,25,26). The second kappa shape index (κ2) is 9.04. The van der Waals surface area contributed by atoms with E-state index in [2.05, 4.69) is 14.9 Å². The molecular formula is C21H21Cl2N5O2. The second-order valence-corrected chi connectivity index (χ2v) is 7.91. The molecule has 0 bridgehead atoms. The van der Waals surface area contributed by atoms with Crippen molar-refractivity contribution in [3.8, 4) is 5.75 Å². The molecule has 0 unspecified atom stereocenters. The van der Waals surface area contributed by atoms with Gasteiger partial charge in [-0.2, -0.15) is 0 Å². The van der Waals surface area contributed by atoms with Crippen LogP contribution in [0.4, 0.5) is 5.82 Å². The Balaban J connectivity index is 1.30. The lowest BCUT2D eigenvalue weighted by Crippen LogP contribution is -2.49. The van der Waals surface area contributed by atoms with Gasteiger partial charge in [-0.3, -0.25) is 9.69 Å². The fraction of sp³-hybridized carbons (Fsp3) is 0.286. The van der Waals surface area contributed by atoms with Gasteiger partial charge >= 0.3 is 0 Å². The third-order valence-electron chi connectivity index (χ3n) is 5.01. The molecule has 0 atom stereocenters. The molecule has 2 heterocycles. The van der Waals surface area contributed by atoms with Gasteiger partial charge in [0.25, 0.3) is 5.91 Å². The van der Waals surface area contributed by atoms with Gasteiger partial charge in [0.2, 0.25) is 0 Å². The van der Waals surface area contributed by atoms with E-state index in [0.717, 1.165) is 24.0 Å². The van der Waals surface area contributed by atoms with Crippen LogP contribution in [0.25, 0.3) is 10.9 Å². The molecule has 1 fully saturated rings. The summed E-state index contributed by atoms with van der Waals surface area (Å²) < 4.78 is 5.55. The topological polar surface area (TPSA) is 84.6 Å². The largest absolute Gasteiger partial charge is 0.482 e. The molecule has 156 valence electrons. The number of nitrogens with two attached hydrogens (primary N) is 1. The van der Waals surface area contributed by atoms with Gasteiger partial charge < -0.3 is 15.4 Å². The average Bonchev–Trinajstić information content (AvgIpc) is 2.73. The summed E-state index contributed by atoms with van der Waals surface area (Å²) >= 11 is 12.0. The number of piperazine rings is 1. The van der Waals surface area contributed by atoms with Crippen LogP contribution in [0.1, 0.15) is 5.82 Å². The summed E-state index contributed by atoms with van der Waals surface area (Å²) in [6.07, 6.45) is 0. The van der Waals surface area contributed by atoms with Crippen molar-refractivity contribution in [1.29, 1.82) is 0 Å². The molecule has 7 nitrogen and oxygen atoms in total. The maximum absolute atomic E-state index is 12.5. The third-order valence-corrected chi connectivity index (χ3v) is 5.54. The minimum Gasteiger partial charge on any atom is -0.482 e. The number of carbonyl (C=O) groups excluding carboxylic acids is 1. The smallest absolute Gasteiger partial charge is 0.260 e. The molecule has 4 rings (SSSR count). The predicted octanol–water partition coefficient (Wildman–Crippen LogP) is 3.24. The number of nitrogen functional groups attached to an aromatic ring is 1. The van der Waals surface area contributed by atoms with Crippen molar-refractivity contribution in [3.63, 3.8) is 0 Å². The highest BCUT2D eigenvalue weighted by Crippen LogP contribution is 2.27. The lowest BCUT2D eigenvalue weighted by Gasteiger charge is -2.34. The van der Waals surface area contributed by atoms with Gasteiger partial charge in [-0.25, -0.2) is 9.97 Å². The van der Waals surface area contributed by atoms with Crippen molar-refractivity contribution in [2.24, 2.45) is 0 Å². The number of carbonyl (C=O) groups is 1. The monoisotopic (exact) mass is 445 g/mol. The van der Waals surface area contributed by atoms with Crippen molar-refractivity contribution in [2.45, 2.75) is 6.54 Å². The van der Waals surface area contributed by atoms with E-state index in [-0.39, 0.29) is 12.5 Å². The number of hydrogen-bond acceptors (Lipinski definition) is 6.